The van der Waals surface area contributed by atoms with Gasteiger partial charge in [-0.25, -0.2) is 14.6 Å². The third-order valence-corrected chi connectivity index (χ3v) is 7.35. The minimum atomic E-state index is -0.689. The van der Waals surface area contributed by atoms with Crippen LogP contribution in [-0.2, 0) is 14.3 Å². The van der Waals surface area contributed by atoms with Gasteiger partial charge in [-0.05, 0) is 50.7 Å². The number of ketones is 1. The van der Waals surface area contributed by atoms with E-state index in [9.17, 15) is 19.2 Å². The monoisotopic (exact) mass is 603 g/mol. The van der Waals surface area contributed by atoms with E-state index in [4.69, 9.17) is 14.5 Å². The highest BCUT2D eigenvalue weighted by Gasteiger charge is 2.37. The van der Waals surface area contributed by atoms with Gasteiger partial charge in [-0.3, -0.25) is 9.59 Å². The van der Waals surface area contributed by atoms with E-state index in [1.807, 2.05) is 56.4 Å². The van der Waals surface area contributed by atoms with E-state index in [0.717, 1.165) is 35.2 Å². The number of methoxy groups -OCH3 is 1. The summed E-state index contributed by atoms with van der Waals surface area (Å²) in [6.45, 7) is 9.50. The Labute approximate surface area is 257 Å². The Morgan fingerprint density at radius 2 is 1.59 bits per heavy atom. The van der Waals surface area contributed by atoms with Crippen molar-refractivity contribution in [2.45, 2.75) is 65.1 Å². The molecule has 2 aromatic carbocycles. The van der Waals surface area contributed by atoms with Gasteiger partial charge in [-0.15, -0.1) is 0 Å². The molecule has 2 atom stereocenters. The molecule has 234 valence electrons. The minimum Gasteiger partial charge on any atom is -0.453 e. The van der Waals surface area contributed by atoms with Crippen LogP contribution in [0.3, 0.4) is 0 Å². The molecule has 44 heavy (non-hydrogen) atoms. The average Bonchev–Trinajstić information content (AvgIpc) is 3.68. The van der Waals surface area contributed by atoms with Gasteiger partial charge in [-0.2, -0.15) is 0 Å². The van der Waals surface area contributed by atoms with E-state index >= 15 is 0 Å². The zero-order chi connectivity index (χ0) is 32.0. The lowest BCUT2D eigenvalue weighted by Gasteiger charge is -2.29. The summed E-state index contributed by atoms with van der Waals surface area (Å²) < 4.78 is 9.89. The average molecular weight is 604 g/mol. The molecule has 3 aromatic rings. The number of Topliss-reactive ketones (excluding diaryl/α,β-unsaturated/α-hetero) is 1. The number of carbonyl (C=O) groups is 4. The highest BCUT2D eigenvalue weighted by Crippen LogP contribution is 2.33. The van der Waals surface area contributed by atoms with Crippen LogP contribution in [0.25, 0.3) is 22.4 Å². The minimum absolute atomic E-state index is 0.105. The van der Waals surface area contributed by atoms with Crippen molar-refractivity contribution in [2.24, 2.45) is 5.92 Å². The number of ether oxygens (including phenoxy) is 2. The van der Waals surface area contributed by atoms with Crippen molar-refractivity contribution in [3.63, 3.8) is 0 Å². The van der Waals surface area contributed by atoms with Crippen LogP contribution in [0.4, 0.5) is 9.59 Å². The lowest BCUT2D eigenvalue weighted by Crippen LogP contribution is -2.51. The van der Waals surface area contributed by atoms with E-state index in [0.29, 0.717) is 17.9 Å². The van der Waals surface area contributed by atoms with Crippen LogP contribution in [0.5, 0.6) is 0 Å². The number of benzene rings is 2. The second-order valence-electron chi connectivity index (χ2n) is 12.2. The van der Waals surface area contributed by atoms with Crippen molar-refractivity contribution in [3.8, 4) is 22.4 Å². The molecule has 0 bridgehead atoms. The van der Waals surface area contributed by atoms with E-state index in [-0.39, 0.29) is 30.2 Å². The number of hydrogen-bond donors (Lipinski definition) is 3. The van der Waals surface area contributed by atoms with Crippen molar-refractivity contribution < 1.29 is 28.7 Å². The molecule has 1 aliphatic heterocycles. The quantitative estimate of drug-likeness (QED) is 0.274. The number of aromatic amines is 1. The molecule has 11 nitrogen and oxygen atoms in total. The predicted octanol–water partition coefficient (Wildman–Crippen LogP) is 5.50. The fraction of sp³-hybridized carbons (Fsp3) is 0.424. The number of carbonyl (C=O) groups excluding carboxylic acids is 4. The van der Waals surface area contributed by atoms with Crippen molar-refractivity contribution in [3.05, 3.63) is 66.1 Å². The summed E-state index contributed by atoms with van der Waals surface area (Å²) in [5, 5.41) is 5.16. The van der Waals surface area contributed by atoms with Gasteiger partial charge in [-0.1, -0.05) is 62.4 Å². The van der Waals surface area contributed by atoms with E-state index in [2.05, 4.69) is 15.6 Å². The first-order valence-electron chi connectivity index (χ1n) is 14.8. The third kappa shape index (κ3) is 8.03. The van der Waals surface area contributed by atoms with Crippen molar-refractivity contribution in [1.29, 1.82) is 0 Å². The van der Waals surface area contributed by atoms with Gasteiger partial charge in [0.2, 0.25) is 5.91 Å². The van der Waals surface area contributed by atoms with Gasteiger partial charge in [0.15, 0.2) is 5.78 Å². The lowest BCUT2D eigenvalue weighted by atomic mass is 10.0. The molecule has 1 saturated heterocycles. The molecule has 4 rings (SSSR count). The van der Waals surface area contributed by atoms with Gasteiger partial charge >= 0.3 is 12.2 Å². The molecule has 0 unspecified atom stereocenters. The maximum absolute atomic E-state index is 13.4. The van der Waals surface area contributed by atoms with Crippen LogP contribution >= 0.6 is 0 Å². The Kier molecular flexibility index (Phi) is 10.1. The van der Waals surface area contributed by atoms with Crippen LogP contribution in [0.2, 0.25) is 0 Å². The second kappa shape index (κ2) is 13.7. The first-order chi connectivity index (χ1) is 20.9. The van der Waals surface area contributed by atoms with Crippen LogP contribution in [0.15, 0.2) is 54.7 Å². The van der Waals surface area contributed by atoms with Gasteiger partial charge < -0.3 is 30.0 Å². The number of rotatable bonds is 9. The molecule has 3 amide bonds. The summed E-state index contributed by atoms with van der Waals surface area (Å²) in [5.74, 6) is 0.236. The highest BCUT2D eigenvalue weighted by molar-refractivity contribution is 5.99. The molecule has 0 saturated carbocycles. The number of nitrogens with zero attached hydrogens (tertiary/aromatic N) is 2. The summed E-state index contributed by atoms with van der Waals surface area (Å²) in [4.78, 5) is 59.5. The summed E-state index contributed by atoms with van der Waals surface area (Å²) in [7, 11) is 1.28. The van der Waals surface area contributed by atoms with Crippen molar-refractivity contribution in [1.82, 2.24) is 25.5 Å². The van der Waals surface area contributed by atoms with E-state index in [1.54, 1.807) is 37.8 Å². The number of amides is 3. The van der Waals surface area contributed by atoms with Crippen LogP contribution in [0, 0.1) is 5.92 Å². The van der Waals surface area contributed by atoms with Crippen molar-refractivity contribution in [2.75, 3.05) is 20.2 Å². The summed E-state index contributed by atoms with van der Waals surface area (Å²) in [5.41, 5.74) is 3.45. The summed E-state index contributed by atoms with van der Waals surface area (Å²) in [6, 6.07) is 14.2. The molecular weight excluding hydrogens is 562 g/mol. The van der Waals surface area contributed by atoms with Gasteiger partial charge in [0.25, 0.3) is 0 Å². The van der Waals surface area contributed by atoms with E-state index < -0.39 is 23.8 Å². The molecule has 3 N–H and O–H groups in total. The zero-order valence-corrected chi connectivity index (χ0v) is 26.1. The number of H-pyrrole nitrogens is 1. The Hall–Kier alpha value is -4.67. The second-order valence-corrected chi connectivity index (χ2v) is 12.2. The van der Waals surface area contributed by atoms with Crippen LogP contribution in [-0.4, -0.2) is 70.6 Å². The number of imidazole rings is 1. The van der Waals surface area contributed by atoms with Crippen LogP contribution < -0.4 is 10.6 Å². The molecule has 0 aliphatic carbocycles. The normalized spacial score (nSPS) is 15.5. The maximum atomic E-state index is 13.4. The molecule has 2 heterocycles. The topological polar surface area (TPSA) is 143 Å². The fourth-order valence-corrected chi connectivity index (χ4v) is 5.10. The van der Waals surface area contributed by atoms with Crippen LogP contribution in [0.1, 0.15) is 69.7 Å². The van der Waals surface area contributed by atoms with Gasteiger partial charge in [0.1, 0.15) is 17.5 Å². The number of nitrogens with one attached hydrogen (secondary N) is 3. The van der Waals surface area contributed by atoms with Gasteiger partial charge in [0, 0.05) is 23.9 Å². The Morgan fingerprint density at radius 3 is 2.18 bits per heavy atom. The first kappa shape index (κ1) is 32.2. The molecule has 1 fully saturated rings. The molecule has 11 heteroatoms. The van der Waals surface area contributed by atoms with Crippen molar-refractivity contribution >= 4 is 23.9 Å². The van der Waals surface area contributed by atoms with E-state index in [1.165, 1.54) is 7.11 Å². The predicted molar refractivity (Wildman–Crippen MR) is 166 cm³/mol. The number of likely N-dealkylation sites (tertiary alicyclic amines) is 1. The fourth-order valence-electron chi connectivity index (χ4n) is 5.10. The summed E-state index contributed by atoms with van der Waals surface area (Å²) >= 11 is 0. The largest absolute Gasteiger partial charge is 0.453 e. The Balaban J connectivity index is 1.40. The number of alkyl carbamates (subject to hydrolysis) is 2. The maximum Gasteiger partial charge on any atom is 0.408 e. The zero-order valence-electron chi connectivity index (χ0n) is 26.1. The first-order valence-corrected chi connectivity index (χ1v) is 14.8. The lowest BCUT2D eigenvalue weighted by molar-refractivity contribution is -0.135. The third-order valence-electron chi connectivity index (χ3n) is 7.35. The number of aromatic nitrogens is 2. The Bertz CT molecular complexity index is 1470. The summed E-state index contributed by atoms with van der Waals surface area (Å²) in [6.07, 6.45) is 2.19. The Morgan fingerprint density at radius 1 is 0.977 bits per heavy atom. The molecule has 0 radical (unpaired) electrons. The highest BCUT2D eigenvalue weighted by atomic mass is 16.6. The SMILES string of the molecule is COC(=O)N[C@H](C(=O)N1CCC[C@H]1c1nc(-c2ccc(-c3ccc(C(=O)CNC(=O)OC(C)(C)C)cc3)cc2)c[nH]1)C(C)C. The molecular formula is C33H41N5O6. The smallest absolute Gasteiger partial charge is 0.408 e. The standard InChI is InChI=1S/C33H41N5O6/c1-20(2)28(37-32(42)43-6)30(40)38-17-7-8-26(38)29-34-18-25(36-29)23-13-9-21(10-14-23)22-11-15-24(16-12-22)27(39)19-35-31(41)44-33(3,4)5/h9-16,18,20,26,28H,7-8,17,19H2,1-6H3,(H,34,36)(H,35,41)(H,37,42)/t26-,28-/m0/s1. The van der Waals surface area contributed by atoms with Gasteiger partial charge in [0.05, 0.1) is 25.4 Å². The number of hydrogen-bond acceptors (Lipinski definition) is 7. The molecule has 1 aliphatic rings. The molecule has 1 aromatic heterocycles. The molecule has 0 spiro atoms.